The van der Waals surface area contributed by atoms with Gasteiger partial charge in [-0.1, -0.05) is 12.1 Å². The maximum atomic E-state index is 12.6. The van der Waals surface area contributed by atoms with Crippen LogP contribution in [0.5, 0.6) is 0 Å². The minimum Gasteiger partial charge on any atom is -0.457 e. The molecule has 88 valence electrons. The van der Waals surface area contributed by atoms with Crippen molar-refractivity contribution in [2.75, 3.05) is 5.73 Å². The second-order valence-electron chi connectivity index (χ2n) is 3.41. The number of ether oxygens (including phenoxy) is 1. The van der Waals surface area contributed by atoms with E-state index in [0.717, 1.165) is 5.56 Å². The van der Waals surface area contributed by atoms with Gasteiger partial charge in [-0.2, -0.15) is 0 Å². The van der Waals surface area contributed by atoms with Gasteiger partial charge in [0.25, 0.3) is 0 Å². The van der Waals surface area contributed by atoms with E-state index in [-0.39, 0.29) is 12.4 Å². The third-order valence-electron chi connectivity index (χ3n) is 2.16. The molecule has 0 saturated carbocycles. The predicted molar refractivity (Wildman–Crippen MR) is 64.3 cm³/mol. The van der Waals surface area contributed by atoms with E-state index in [2.05, 4.69) is 0 Å². The number of nitrogen functional groups attached to an aromatic ring is 1. The molecule has 0 aliphatic rings. The van der Waals surface area contributed by atoms with Crippen LogP contribution in [-0.2, 0) is 11.3 Å². The normalized spacial score (nSPS) is 10.2. The summed E-state index contributed by atoms with van der Waals surface area (Å²) in [4.78, 5) is 12.0. The van der Waals surface area contributed by atoms with Crippen molar-refractivity contribution in [3.8, 4) is 0 Å². The first-order valence-electron chi connectivity index (χ1n) is 4.91. The molecule has 0 bridgehead atoms. The molecule has 1 heterocycles. The van der Waals surface area contributed by atoms with Gasteiger partial charge in [0.05, 0.1) is 5.69 Å². The Morgan fingerprint density at radius 1 is 1.29 bits per heavy atom. The highest BCUT2D eigenvalue weighted by molar-refractivity contribution is 7.12. The lowest BCUT2D eigenvalue weighted by Gasteiger charge is -2.04. The topological polar surface area (TPSA) is 52.3 Å². The van der Waals surface area contributed by atoms with Crippen molar-refractivity contribution >= 4 is 23.0 Å². The van der Waals surface area contributed by atoms with E-state index in [1.807, 2.05) is 0 Å². The zero-order valence-corrected chi connectivity index (χ0v) is 9.67. The summed E-state index contributed by atoms with van der Waals surface area (Å²) in [6.45, 7) is 0.108. The van der Waals surface area contributed by atoms with Gasteiger partial charge in [0, 0.05) is 0 Å². The Hall–Kier alpha value is -1.88. The molecule has 2 aromatic rings. The number of carbonyl (C=O) groups is 1. The Kier molecular flexibility index (Phi) is 3.39. The van der Waals surface area contributed by atoms with E-state index >= 15 is 0 Å². The van der Waals surface area contributed by atoms with E-state index < -0.39 is 5.97 Å². The lowest BCUT2D eigenvalue weighted by atomic mass is 10.2. The lowest BCUT2D eigenvalue weighted by Crippen LogP contribution is -2.05. The van der Waals surface area contributed by atoms with Gasteiger partial charge >= 0.3 is 5.97 Å². The summed E-state index contributed by atoms with van der Waals surface area (Å²) in [5, 5.41) is 1.73. The maximum Gasteiger partial charge on any atom is 0.350 e. The molecule has 1 aromatic heterocycles. The maximum absolute atomic E-state index is 12.6. The second-order valence-corrected chi connectivity index (χ2v) is 4.32. The second kappa shape index (κ2) is 4.97. The molecule has 0 fully saturated rings. The number of hydrogen-bond acceptors (Lipinski definition) is 4. The van der Waals surface area contributed by atoms with Crippen LogP contribution in [0.3, 0.4) is 0 Å². The fourth-order valence-electron chi connectivity index (χ4n) is 1.28. The molecule has 0 atom stereocenters. The number of anilines is 1. The van der Waals surface area contributed by atoms with Crippen LogP contribution in [-0.4, -0.2) is 5.97 Å². The van der Waals surface area contributed by atoms with Crippen molar-refractivity contribution in [2.24, 2.45) is 0 Å². The highest BCUT2D eigenvalue weighted by atomic mass is 32.1. The molecule has 17 heavy (non-hydrogen) atoms. The number of benzene rings is 1. The lowest BCUT2D eigenvalue weighted by molar-refractivity contribution is 0.0479. The summed E-state index contributed by atoms with van der Waals surface area (Å²) in [5.74, 6) is -0.774. The molecule has 3 nitrogen and oxygen atoms in total. The van der Waals surface area contributed by atoms with E-state index in [4.69, 9.17) is 10.5 Å². The van der Waals surface area contributed by atoms with Crippen LogP contribution in [0.25, 0.3) is 0 Å². The quantitative estimate of drug-likeness (QED) is 0.853. The van der Waals surface area contributed by atoms with Crippen molar-refractivity contribution in [3.63, 3.8) is 0 Å². The number of carbonyl (C=O) groups excluding carboxylic acids is 1. The first-order valence-corrected chi connectivity index (χ1v) is 5.79. The van der Waals surface area contributed by atoms with E-state index in [1.165, 1.54) is 23.5 Å². The average molecular weight is 251 g/mol. The SMILES string of the molecule is Nc1ccsc1C(=O)OCc1ccc(F)cc1. The molecular weight excluding hydrogens is 241 g/mol. The number of thiophene rings is 1. The molecule has 0 aliphatic carbocycles. The molecule has 0 spiro atoms. The third kappa shape index (κ3) is 2.82. The van der Waals surface area contributed by atoms with Gasteiger partial charge in [0.2, 0.25) is 0 Å². The molecule has 2 N–H and O–H groups in total. The van der Waals surface area contributed by atoms with Crippen molar-refractivity contribution in [2.45, 2.75) is 6.61 Å². The first kappa shape index (κ1) is 11.6. The van der Waals surface area contributed by atoms with Gasteiger partial charge < -0.3 is 10.5 Å². The monoisotopic (exact) mass is 251 g/mol. The molecule has 0 saturated heterocycles. The van der Waals surface area contributed by atoms with Crippen molar-refractivity contribution < 1.29 is 13.9 Å². The fraction of sp³-hybridized carbons (Fsp3) is 0.0833. The molecular formula is C12H10FNO2S. The summed E-state index contributed by atoms with van der Waals surface area (Å²) in [6.07, 6.45) is 0. The number of rotatable bonds is 3. The summed E-state index contributed by atoms with van der Waals surface area (Å²) in [6, 6.07) is 7.44. The van der Waals surface area contributed by atoms with Gasteiger partial charge in [-0.15, -0.1) is 11.3 Å². The Morgan fingerprint density at radius 2 is 2.00 bits per heavy atom. The Balaban J connectivity index is 1.97. The molecule has 2 rings (SSSR count). The highest BCUT2D eigenvalue weighted by Gasteiger charge is 2.12. The summed E-state index contributed by atoms with van der Waals surface area (Å²) < 4.78 is 17.7. The van der Waals surface area contributed by atoms with Gasteiger partial charge in [-0.3, -0.25) is 0 Å². The van der Waals surface area contributed by atoms with Crippen molar-refractivity contribution in [3.05, 3.63) is 52.0 Å². The largest absolute Gasteiger partial charge is 0.457 e. The van der Waals surface area contributed by atoms with Gasteiger partial charge in [-0.05, 0) is 29.1 Å². The van der Waals surface area contributed by atoms with Crippen molar-refractivity contribution in [1.29, 1.82) is 0 Å². The van der Waals surface area contributed by atoms with Crippen LogP contribution in [0.15, 0.2) is 35.7 Å². The van der Waals surface area contributed by atoms with E-state index in [0.29, 0.717) is 10.6 Å². The van der Waals surface area contributed by atoms with E-state index in [1.54, 1.807) is 23.6 Å². The molecule has 0 unspecified atom stereocenters. The molecule has 0 aliphatic heterocycles. The van der Waals surface area contributed by atoms with Crippen LogP contribution in [0.4, 0.5) is 10.1 Å². The van der Waals surface area contributed by atoms with Crippen LogP contribution >= 0.6 is 11.3 Å². The van der Waals surface area contributed by atoms with Gasteiger partial charge in [0.15, 0.2) is 0 Å². The number of nitrogens with two attached hydrogens (primary N) is 1. The van der Waals surface area contributed by atoms with Crippen LogP contribution in [0.1, 0.15) is 15.2 Å². The Bertz CT molecular complexity index is 522. The van der Waals surface area contributed by atoms with Gasteiger partial charge in [-0.25, -0.2) is 9.18 Å². The zero-order valence-electron chi connectivity index (χ0n) is 8.85. The van der Waals surface area contributed by atoms with Gasteiger partial charge in [0.1, 0.15) is 17.3 Å². The smallest absolute Gasteiger partial charge is 0.350 e. The van der Waals surface area contributed by atoms with Crippen LogP contribution in [0.2, 0.25) is 0 Å². The number of hydrogen-bond donors (Lipinski definition) is 1. The Morgan fingerprint density at radius 3 is 2.59 bits per heavy atom. The average Bonchev–Trinajstić information content (AvgIpc) is 2.74. The summed E-state index contributed by atoms with van der Waals surface area (Å²) in [7, 11) is 0. The molecule has 0 amide bonds. The fourth-order valence-corrected chi connectivity index (χ4v) is 1.99. The minimum absolute atomic E-state index is 0.108. The van der Waals surface area contributed by atoms with E-state index in [9.17, 15) is 9.18 Å². The highest BCUT2D eigenvalue weighted by Crippen LogP contribution is 2.20. The predicted octanol–water partition coefficient (Wildman–Crippen LogP) is 2.83. The van der Waals surface area contributed by atoms with Crippen LogP contribution < -0.4 is 5.73 Å². The molecule has 0 radical (unpaired) electrons. The Labute approximate surface area is 102 Å². The number of halogens is 1. The summed E-state index contributed by atoms with van der Waals surface area (Å²) >= 11 is 1.24. The minimum atomic E-state index is -0.457. The summed E-state index contributed by atoms with van der Waals surface area (Å²) in [5.41, 5.74) is 6.74. The third-order valence-corrected chi connectivity index (χ3v) is 3.07. The molecule has 1 aromatic carbocycles. The standard InChI is InChI=1S/C12H10FNO2S/c13-9-3-1-8(2-4-9)7-16-12(15)11-10(14)5-6-17-11/h1-6H,7,14H2. The van der Waals surface area contributed by atoms with Crippen molar-refractivity contribution in [1.82, 2.24) is 0 Å². The molecule has 5 heteroatoms. The number of esters is 1. The first-order chi connectivity index (χ1) is 8.16. The van der Waals surface area contributed by atoms with Crippen LogP contribution in [0, 0.1) is 5.82 Å². The zero-order chi connectivity index (χ0) is 12.3.